The first kappa shape index (κ1) is 15.4. The summed E-state index contributed by atoms with van der Waals surface area (Å²) >= 11 is 5.81. The highest BCUT2D eigenvalue weighted by Gasteiger charge is 2.13. The second-order valence-corrected chi connectivity index (χ2v) is 5.68. The molecule has 1 amide bonds. The average Bonchev–Trinajstić information content (AvgIpc) is 2.96. The first-order chi connectivity index (χ1) is 11.1. The van der Waals surface area contributed by atoms with Crippen LogP contribution in [0.15, 0.2) is 59.0 Å². The van der Waals surface area contributed by atoms with Gasteiger partial charge in [0.05, 0.1) is 6.54 Å². The van der Waals surface area contributed by atoms with E-state index in [1.165, 1.54) is 0 Å². The van der Waals surface area contributed by atoms with Crippen LogP contribution >= 0.6 is 11.6 Å². The highest BCUT2D eigenvalue weighted by molar-refractivity contribution is 6.30. The molecule has 23 heavy (non-hydrogen) atoms. The Morgan fingerprint density at radius 2 is 1.91 bits per heavy atom. The molecule has 1 heterocycles. The van der Waals surface area contributed by atoms with Crippen LogP contribution in [0.2, 0.25) is 5.02 Å². The monoisotopic (exact) mass is 329 g/mol. The molecule has 0 aliphatic rings. The average molecular weight is 330 g/mol. The third kappa shape index (κ3) is 3.85. The van der Waals surface area contributed by atoms with Gasteiger partial charge in [-0.1, -0.05) is 29.8 Å². The van der Waals surface area contributed by atoms with Gasteiger partial charge in [-0.3, -0.25) is 4.79 Å². The van der Waals surface area contributed by atoms with Crippen molar-refractivity contribution in [3.05, 3.63) is 65.4 Å². The van der Waals surface area contributed by atoms with Gasteiger partial charge in [0.25, 0.3) is 5.91 Å². The summed E-state index contributed by atoms with van der Waals surface area (Å²) in [4.78, 5) is 13.7. The summed E-state index contributed by atoms with van der Waals surface area (Å²) in [6, 6.07) is 16.6. The van der Waals surface area contributed by atoms with E-state index in [0.29, 0.717) is 17.3 Å². The minimum Gasteiger partial charge on any atom is -0.484 e. The minimum absolute atomic E-state index is 0.0294. The van der Waals surface area contributed by atoms with Crippen molar-refractivity contribution in [2.24, 2.45) is 0 Å². The fraction of sp³-hybridized carbons (Fsp3) is 0.167. The number of furan rings is 1. The van der Waals surface area contributed by atoms with Crippen molar-refractivity contribution in [1.29, 1.82) is 0 Å². The molecule has 0 atom stereocenters. The Kier molecular flexibility index (Phi) is 4.53. The van der Waals surface area contributed by atoms with E-state index in [1.807, 2.05) is 30.3 Å². The van der Waals surface area contributed by atoms with Crippen LogP contribution in [0.25, 0.3) is 11.0 Å². The van der Waals surface area contributed by atoms with E-state index in [0.717, 1.165) is 16.7 Å². The lowest BCUT2D eigenvalue weighted by atomic mass is 10.2. The molecule has 5 heteroatoms. The molecule has 3 aromatic rings. The predicted octanol–water partition coefficient (Wildman–Crippen LogP) is 4.12. The summed E-state index contributed by atoms with van der Waals surface area (Å²) in [6.07, 6.45) is 0. The molecule has 4 nitrogen and oxygen atoms in total. The largest absolute Gasteiger partial charge is 0.484 e. The molecule has 2 aromatic carbocycles. The molecule has 0 fully saturated rings. The number of carbonyl (C=O) groups excluding carboxylic acids is 1. The Balaban J connectivity index is 1.57. The quantitative estimate of drug-likeness (QED) is 0.707. The van der Waals surface area contributed by atoms with Crippen LogP contribution in [0.4, 0.5) is 0 Å². The van der Waals surface area contributed by atoms with E-state index in [4.69, 9.17) is 20.8 Å². The van der Waals surface area contributed by atoms with Crippen molar-refractivity contribution in [3.63, 3.8) is 0 Å². The van der Waals surface area contributed by atoms with Gasteiger partial charge < -0.3 is 14.1 Å². The van der Waals surface area contributed by atoms with E-state index in [1.54, 1.807) is 36.2 Å². The number of nitrogens with zero attached hydrogens (tertiary/aromatic N) is 1. The topological polar surface area (TPSA) is 42.7 Å². The SMILES string of the molecule is CN(Cc1cc2ccccc2o1)C(=O)COc1ccc(Cl)cc1. The summed E-state index contributed by atoms with van der Waals surface area (Å²) in [7, 11) is 1.72. The normalized spacial score (nSPS) is 10.7. The Morgan fingerprint density at radius 3 is 2.65 bits per heavy atom. The number of hydrogen-bond donors (Lipinski definition) is 0. The van der Waals surface area contributed by atoms with Crippen molar-refractivity contribution in [3.8, 4) is 5.75 Å². The smallest absolute Gasteiger partial charge is 0.260 e. The highest BCUT2D eigenvalue weighted by Crippen LogP contribution is 2.20. The van der Waals surface area contributed by atoms with Gasteiger partial charge in [0.1, 0.15) is 17.1 Å². The van der Waals surface area contributed by atoms with Crippen LogP contribution in [0.5, 0.6) is 5.75 Å². The van der Waals surface area contributed by atoms with Gasteiger partial charge in [0, 0.05) is 17.5 Å². The number of para-hydroxylation sites is 1. The summed E-state index contributed by atoms with van der Waals surface area (Å²) in [5, 5.41) is 1.66. The van der Waals surface area contributed by atoms with Crippen LogP contribution < -0.4 is 4.74 Å². The molecule has 0 aliphatic carbocycles. The van der Waals surface area contributed by atoms with Crippen LogP contribution in [0, 0.1) is 0 Å². The lowest BCUT2D eigenvalue weighted by Gasteiger charge is -2.16. The fourth-order valence-corrected chi connectivity index (χ4v) is 2.35. The maximum absolute atomic E-state index is 12.1. The van der Waals surface area contributed by atoms with E-state index >= 15 is 0 Å². The molecule has 1 aromatic heterocycles. The molecule has 118 valence electrons. The molecular weight excluding hydrogens is 314 g/mol. The number of fused-ring (bicyclic) bond motifs is 1. The molecule has 0 N–H and O–H groups in total. The minimum atomic E-state index is -0.125. The highest BCUT2D eigenvalue weighted by atomic mass is 35.5. The van der Waals surface area contributed by atoms with Gasteiger partial charge in [-0.2, -0.15) is 0 Å². The summed E-state index contributed by atoms with van der Waals surface area (Å²) in [6.45, 7) is 0.371. The predicted molar refractivity (Wildman–Crippen MR) is 89.6 cm³/mol. The summed E-state index contributed by atoms with van der Waals surface area (Å²) in [5.74, 6) is 1.23. The van der Waals surface area contributed by atoms with Crippen LogP contribution in [-0.2, 0) is 11.3 Å². The maximum atomic E-state index is 12.1. The van der Waals surface area contributed by atoms with E-state index in [-0.39, 0.29) is 12.5 Å². The first-order valence-electron chi connectivity index (χ1n) is 7.21. The lowest BCUT2D eigenvalue weighted by molar-refractivity contribution is -0.132. The Labute approximate surface area is 139 Å². The van der Waals surface area contributed by atoms with Crippen LogP contribution in [0.1, 0.15) is 5.76 Å². The van der Waals surface area contributed by atoms with Gasteiger partial charge in [0.2, 0.25) is 0 Å². The maximum Gasteiger partial charge on any atom is 0.260 e. The molecule has 0 saturated heterocycles. The second kappa shape index (κ2) is 6.75. The van der Waals surface area contributed by atoms with Crippen LogP contribution in [-0.4, -0.2) is 24.5 Å². The number of likely N-dealkylation sites (N-methyl/N-ethyl adjacent to an activating group) is 1. The van der Waals surface area contributed by atoms with Crippen molar-refractivity contribution >= 4 is 28.5 Å². The molecule has 0 saturated carbocycles. The number of carbonyl (C=O) groups is 1. The van der Waals surface area contributed by atoms with E-state index < -0.39 is 0 Å². The van der Waals surface area contributed by atoms with Crippen molar-refractivity contribution in [2.45, 2.75) is 6.54 Å². The Morgan fingerprint density at radius 1 is 1.17 bits per heavy atom. The van der Waals surface area contributed by atoms with Gasteiger partial charge in [0.15, 0.2) is 6.61 Å². The number of halogens is 1. The number of benzene rings is 2. The van der Waals surface area contributed by atoms with Gasteiger partial charge in [-0.15, -0.1) is 0 Å². The lowest BCUT2D eigenvalue weighted by Crippen LogP contribution is -2.30. The van der Waals surface area contributed by atoms with Gasteiger partial charge in [-0.05, 0) is 36.4 Å². The summed E-state index contributed by atoms with van der Waals surface area (Å²) in [5.41, 5.74) is 0.820. The zero-order valence-corrected chi connectivity index (χ0v) is 13.4. The van der Waals surface area contributed by atoms with E-state index in [2.05, 4.69) is 0 Å². The number of hydrogen-bond acceptors (Lipinski definition) is 3. The zero-order chi connectivity index (χ0) is 16.2. The Hall–Kier alpha value is -2.46. The second-order valence-electron chi connectivity index (χ2n) is 5.24. The third-order valence-electron chi connectivity index (χ3n) is 3.47. The molecular formula is C18H16ClNO3. The number of ether oxygens (including phenoxy) is 1. The molecule has 0 radical (unpaired) electrons. The molecule has 0 unspecified atom stereocenters. The summed E-state index contributed by atoms with van der Waals surface area (Å²) < 4.78 is 11.2. The molecule has 3 rings (SSSR count). The third-order valence-corrected chi connectivity index (χ3v) is 3.72. The van der Waals surface area contributed by atoms with Gasteiger partial charge in [-0.25, -0.2) is 0 Å². The first-order valence-corrected chi connectivity index (χ1v) is 7.59. The Bertz CT molecular complexity index is 778. The zero-order valence-electron chi connectivity index (χ0n) is 12.7. The molecule has 0 spiro atoms. The fourth-order valence-electron chi connectivity index (χ4n) is 2.22. The molecule has 0 bridgehead atoms. The van der Waals surface area contributed by atoms with Crippen molar-refractivity contribution in [2.75, 3.05) is 13.7 Å². The molecule has 0 aliphatic heterocycles. The van der Waals surface area contributed by atoms with Crippen molar-refractivity contribution in [1.82, 2.24) is 4.90 Å². The standard InChI is InChI=1S/C18H16ClNO3/c1-20(11-16-10-13-4-2-3-5-17(13)23-16)18(21)12-22-15-8-6-14(19)7-9-15/h2-10H,11-12H2,1H3. The number of rotatable bonds is 5. The van der Waals surface area contributed by atoms with Gasteiger partial charge >= 0.3 is 0 Å². The number of amides is 1. The van der Waals surface area contributed by atoms with Crippen molar-refractivity contribution < 1.29 is 13.9 Å². The van der Waals surface area contributed by atoms with Crippen LogP contribution in [0.3, 0.4) is 0 Å². The van der Waals surface area contributed by atoms with E-state index in [9.17, 15) is 4.79 Å².